The fourth-order valence-corrected chi connectivity index (χ4v) is 3.07. The standard InChI is InChI=1S/C24H19FN4O3/c1-16-13-22(30)23(28-29(16)21-11-3-2-10-20(21)25)24(31)27-17-8-6-9-19(14-17)32-15-18-7-4-5-12-26-18/h2-14H,15H2,1H3,(H,27,31). The van der Waals surface area contributed by atoms with Gasteiger partial charge in [0.25, 0.3) is 5.91 Å². The van der Waals surface area contributed by atoms with Gasteiger partial charge in [-0.05, 0) is 43.3 Å². The van der Waals surface area contributed by atoms with E-state index >= 15 is 0 Å². The first-order valence-corrected chi connectivity index (χ1v) is 9.81. The maximum atomic E-state index is 14.2. The van der Waals surface area contributed by atoms with E-state index in [0.29, 0.717) is 17.1 Å². The lowest BCUT2D eigenvalue weighted by molar-refractivity contribution is 0.101. The number of hydrogen-bond donors (Lipinski definition) is 1. The molecule has 2 heterocycles. The van der Waals surface area contributed by atoms with Crippen LogP contribution >= 0.6 is 0 Å². The van der Waals surface area contributed by atoms with Crippen LogP contribution in [0.25, 0.3) is 5.69 Å². The van der Waals surface area contributed by atoms with E-state index in [1.165, 1.54) is 22.9 Å². The van der Waals surface area contributed by atoms with Gasteiger partial charge in [-0.25, -0.2) is 9.07 Å². The molecule has 0 saturated heterocycles. The third-order valence-electron chi connectivity index (χ3n) is 4.61. The van der Waals surface area contributed by atoms with Crippen molar-refractivity contribution in [1.29, 1.82) is 0 Å². The highest BCUT2D eigenvalue weighted by molar-refractivity contribution is 6.02. The molecule has 0 saturated carbocycles. The van der Waals surface area contributed by atoms with E-state index in [-0.39, 0.29) is 18.0 Å². The van der Waals surface area contributed by atoms with Crippen LogP contribution in [0.4, 0.5) is 10.1 Å². The molecular weight excluding hydrogens is 411 g/mol. The fraction of sp³-hybridized carbons (Fsp3) is 0.0833. The monoisotopic (exact) mass is 430 g/mol. The van der Waals surface area contributed by atoms with Crippen LogP contribution in [0.5, 0.6) is 5.75 Å². The molecule has 1 N–H and O–H groups in total. The Morgan fingerprint density at radius 1 is 1.06 bits per heavy atom. The predicted octanol–water partition coefficient (Wildman–Crippen LogP) is 3.91. The summed E-state index contributed by atoms with van der Waals surface area (Å²) in [7, 11) is 0. The van der Waals surface area contributed by atoms with Crippen molar-refractivity contribution >= 4 is 11.6 Å². The second-order valence-electron chi connectivity index (χ2n) is 6.95. The topological polar surface area (TPSA) is 86.1 Å². The Hall–Kier alpha value is -4.33. The van der Waals surface area contributed by atoms with Crippen molar-refractivity contribution in [1.82, 2.24) is 14.8 Å². The number of rotatable bonds is 6. The molecule has 0 spiro atoms. The molecule has 0 aliphatic heterocycles. The summed E-state index contributed by atoms with van der Waals surface area (Å²) in [6.07, 6.45) is 1.68. The molecule has 0 bridgehead atoms. The number of benzene rings is 2. The van der Waals surface area contributed by atoms with Gasteiger partial charge in [0.15, 0.2) is 5.69 Å². The number of amides is 1. The van der Waals surface area contributed by atoms with Gasteiger partial charge in [0, 0.05) is 29.7 Å². The third kappa shape index (κ3) is 4.70. The molecule has 0 radical (unpaired) electrons. The summed E-state index contributed by atoms with van der Waals surface area (Å²) in [4.78, 5) is 29.4. The SMILES string of the molecule is Cc1cc(=O)c(C(=O)Nc2cccc(OCc3ccccn3)c2)nn1-c1ccccc1F. The van der Waals surface area contributed by atoms with Crippen LogP contribution in [-0.2, 0) is 6.61 Å². The normalized spacial score (nSPS) is 10.6. The lowest BCUT2D eigenvalue weighted by Gasteiger charge is -2.12. The number of ether oxygens (including phenoxy) is 1. The highest BCUT2D eigenvalue weighted by atomic mass is 19.1. The summed E-state index contributed by atoms with van der Waals surface area (Å²) in [6.45, 7) is 1.88. The predicted molar refractivity (Wildman–Crippen MR) is 117 cm³/mol. The van der Waals surface area contributed by atoms with Crippen LogP contribution in [-0.4, -0.2) is 20.7 Å². The molecule has 8 heteroatoms. The van der Waals surface area contributed by atoms with Crippen molar-refractivity contribution in [3.8, 4) is 11.4 Å². The number of pyridine rings is 1. The molecule has 7 nitrogen and oxygen atoms in total. The van der Waals surface area contributed by atoms with Crippen molar-refractivity contribution < 1.29 is 13.9 Å². The first-order chi connectivity index (χ1) is 15.5. The van der Waals surface area contributed by atoms with Crippen molar-refractivity contribution in [3.05, 3.63) is 112 Å². The maximum absolute atomic E-state index is 14.2. The lowest BCUT2D eigenvalue weighted by Crippen LogP contribution is -2.27. The van der Waals surface area contributed by atoms with E-state index in [9.17, 15) is 14.0 Å². The van der Waals surface area contributed by atoms with Gasteiger partial charge in [0.2, 0.25) is 5.43 Å². The first kappa shape index (κ1) is 20.9. The number of nitrogens with zero attached hydrogens (tertiary/aromatic N) is 3. The van der Waals surface area contributed by atoms with Crippen LogP contribution in [0, 0.1) is 12.7 Å². The average molecular weight is 430 g/mol. The van der Waals surface area contributed by atoms with E-state index in [4.69, 9.17) is 4.74 Å². The smallest absolute Gasteiger partial charge is 0.280 e. The molecular formula is C24H19FN4O3. The molecule has 2 aromatic heterocycles. The van der Waals surface area contributed by atoms with Gasteiger partial charge >= 0.3 is 0 Å². The molecule has 0 atom stereocenters. The molecule has 0 aliphatic carbocycles. The van der Waals surface area contributed by atoms with Crippen LogP contribution in [0.2, 0.25) is 0 Å². The van der Waals surface area contributed by atoms with Crippen molar-refractivity contribution in [2.45, 2.75) is 13.5 Å². The summed E-state index contributed by atoms with van der Waals surface area (Å²) < 4.78 is 21.2. The van der Waals surface area contributed by atoms with Gasteiger partial charge in [-0.3, -0.25) is 14.6 Å². The molecule has 0 fully saturated rings. The average Bonchev–Trinajstić information content (AvgIpc) is 2.79. The second-order valence-corrected chi connectivity index (χ2v) is 6.95. The molecule has 4 aromatic rings. The number of halogens is 1. The van der Waals surface area contributed by atoms with E-state index in [2.05, 4.69) is 15.4 Å². The number of carbonyl (C=O) groups is 1. The minimum atomic E-state index is -0.707. The molecule has 1 amide bonds. The van der Waals surface area contributed by atoms with Gasteiger partial charge in [0.05, 0.1) is 5.69 Å². The minimum Gasteiger partial charge on any atom is -0.487 e. The van der Waals surface area contributed by atoms with Crippen molar-refractivity contribution in [3.63, 3.8) is 0 Å². The van der Waals surface area contributed by atoms with Crippen LogP contribution in [0.1, 0.15) is 21.9 Å². The zero-order valence-electron chi connectivity index (χ0n) is 17.2. The summed E-state index contributed by atoms with van der Waals surface area (Å²) >= 11 is 0. The highest BCUT2D eigenvalue weighted by Crippen LogP contribution is 2.19. The number of para-hydroxylation sites is 1. The van der Waals surface area contributed by atoms with E-state index in [1.54, 1.807) is 49.5 Å². The van der Waals surface area contributed by atoms with Crippen molar-refractivity contribution in [2.75, 3.05) is 5.32 Å². The quantitative estimate of drug-likeness (QED) is 0.501. The van der Waals surface area contributed by atoms with Gasteiger partial charge in [-0.2, -0.15) is 5.10 Å². The van der Waals surface area contributed by atoms with E-state index in [0.717, 1.165) is 5.69 Å². The molecule has 0 unspecified atom stereocenters. The maximum Gasteiger partial charge on any atom is 0.280 e. The van der Waals surface area contributed by atoms with Crippen LogP contribution < -0.4 is 15.5 Å². The molecule has 0 aliphatic rings. The summed E-state index contributed by atoms with van der Waals surface area (Å²) in [5.74, 6) is -0.702. The van der Waals surface area contributed by atoms with E-state index < -0.39 is 17.2 Å². The van der Waals surface area contributed by atoms with E-state index in [1.807, 2.05) is 18.2 Å². The first-order valence-electron chi connectivity index (χ1n) is 9.81. The summed E-state index contributed by atoms with van der Waals surface area (Å²) in [6, 6.07) is 19.5. The number of hydrogen-bond acceptors (Lipinski definition) is 5. The fourth-order valence-electron chi connectivity index (χ4n) is 3.07. The largest absolute Gasteiger partial charge is 0.487 e. The Morgan fingerprint density at radius 2 is 1.88 bits per heavy atom. The van der Waals surface area contributed by atoms with Crippen molar-refractivity contribution in [2.24, 2.45) is 0 Å². The van der Waals surface area contributed by atoms with Gasteiger partial charge in [0.1, 0.15) is 23.9 Å². The number of aromatic nitrogens is 3. The Bertz CT molecular complexity index is 1320. The number of anilines is 1. The minimum absolute atomic E-state index is 0.143. The second kappa shape index (κ2) is 9.22. The summed E-state index contributed by atoms with van der Waals surface area (Å²) in [5, 5.41) is 6.76. The number of carbonyl (C=O) groups excluding carboxylic acids is 1. The Morgan fingerprint density at radius 3 is 2.66 bits per heavy atom. The summed E-state index contributed by atoms with van der Waals surface area (Å²) in [5.41, 5.74) is 0.826. The van der Waals surface area contributed by atoms with Gasteiger partial charge in [-0.1, -0.05) is 24.3 Å². The zero-order chi connectivity index (χ0) is 22.5. The third-order valence-corrected chi connectivity index (χ3v) is 4.61. The Kier molecular flexibility index (Phi) is 6.03. The molecule has 32 heavy (non-hydrogen) atoms. The van der Waals surface area contributed by atoms with Gasteiger partial charge < -0.3 is 10.1 Å². The Labute approximate surface area is 183 Å². The number of aryl methyl sites for hydroxylation is 1. The Balaban J connectivity index is 1.55. The molecule has 2 aromatic carbocycles. The van der Waals surface area contributed by atoms with Crippen LogP contribution in [0.3, 0.4) is 0 Å². The molecule has 160 valence electrons. The molecule has 4 rings (SSSR count). The van der Waals surface area contributed by atoms with Crippen LogP contribution in [0.15, 0.2) is 83.8 Å². The number of nitrogens with one attached hydrogen (secondary N) is 1. The lowest BCUT2D eigenvalue weighted by atomic mass is 10.2. The highest BCUT2D eigenvalue weighted by Gasteiger charge is 2.17. The van der Waals surface area contributed by atoms with Gasteiger partial charge in [-0.15, -0.1) is 0 Å². The zero-order valence-corrected chi connectivity index (χ0v) is 17.2.